The molecule has 10 heteroatoms. The molecule has 2 N–H and O–H groups in total. The first kappa shape index (κ1) is 25.4. The van der Waals surface area contributed by atoms with Crippen molar-refractivity contribution in [1.82, 2.24) is 14.9 Å². The zero-order valence-corrected chi connectivity index (χ0v) is 21.4. The summed E-state index contributed by atoms with van der Waals surface area (Å²) in [6.45, 7) is 0.150. The molecule has 1 atom stereocenters. The molecule has 190 valence electrons. The second-order valence-corrected chi connectivity index (χ2v) is 9.58. The quantitative estimate of drug-likeness (QED) is 0.344. The van der Waals surface area contributed by atoms with Crippen LogP contribution in [0.3, 0.4) is 0 Å². The fourth-order valence-corrected chi connectivity index (χ4v) is 4.54. The van der Waals surface area contributed by atoms with Gasteiger partial charge in [-0.1, -0.05) is 41.4 Å². The summed E-state index contributed by atoms with van der Waals surface area (Å²) in [5, 5.41) is 6.43. The number of benzene rings is 2. The average molecular weight is 546 g/mol. The molecule has 8 nitrogen and oxygen atoms in total. The Balaban J connectivity index is 1.41. The van der Waals surface area contributed by atoms with Crippen molar-refractivity contribution in [3.63, 3.8) is 0 Å². The van der Waals surface area contributed by atoms with Gasteiger partial charge in [0.05, 0.1) is 11.3 Å². The van der Waals surface area contributed by atoms with Crippen molar-refractivity contribution in [3.05, 3.63) is 118 Å². The Morgan fingerprint density at radius 2 is 1.74 bits per heavy atom. The van der Waals surface area contributed by atoms with Crippen LogP contribution in [0.5, 0.6) is 0 Å². The third-order valence-electron chi connectivity index (χ3n) is 6.09. The minimum atomic E-state index is -0.797. The lowest BCUT2D eigenvalue weighted by Gasteiger charge is -2.29. The molecular formula is C28H21Cl2N5O3. The van der Waals surface area contributed by atoms with E-state index in [2.05, 4.69) is 20.6 Å². The smallest absolute Gasteiger partial charge is 0.256 e. The molecule has 0 spiro atoms. The number of halogens is 2. The van der Waals surface area contributed by atoms with E-state index in [1.807, 2.05) is 6.07 Å². The molecule has 0 bridgehead atoms. The van der Waals surface area contributed by atoms with E-state index in [1.54, 1.807) is 73.1 Å². The Bertz CT molecular complexity index is 1510. The molecule has 3 heterocycles. The number of rotatable bonds is 6. The average Bonchev–Trinajstić information content (AvgIpc) is 2.99. The second kappa shape index (κ2) is 11.0. The zero-order chi connectivity index (χ0) is 26.6. The summed E-state index contributed by atoms with van der Waals surface area (Å²) in [5.41, 5.74) is 2.69. The third kappa shape index (κ3) is 5.66. The first-order valence-corrected chi connectivity index (χ1v) is 12.4. The summed E-state index contributed by atoms with van der Waals surface area (Å²) >= 11 is 12.1. The van der Waals surface area contributed by atoms with E-state index in [4.69, 9.17) is 23.2 Å². The van der Waals surface area contributed by atoms with E-state index in [0.29, 0.717) is 32.7 Å². The van der Waals surface area contributed by atoms with Crippen LogP contribution in [0.4, 0.5) is 11.5 Å². The molecule has 0 fully saturated rings. The molecule has 38 heavy (non-hydrogen) atoms. The van der Waals surface area contributed by atoms with Gasteiger partial charge in [-0.3, -0.25) is 19.4 Å². The third-order valence-corrected chi connectivity index (χ3v) is 6.56. The molecule has 3 amide bonds. The standard InChI is InChI=1S/C28H21Cl2N5O3/c29-20-7-8-22-23(13-20)33-27(37)24(12-18-2-1-10-31-15-18)35(28(22)38)16-17-3-5-19(6-4-17)26(36)34-25-14-21(30)9-11-32-25/h1-11,13-15,24H,12,16H2,(H,33,37)(H,32,34,36). The Labute approximate surface area is 228 Å². The summed E-state index contributed by atoms with van der Waals surface area (Å²) in [7, 11) is 0. The number of fused-ring (bicyclic) bond motifs is 1. The van der Waals surface area contributed by atoms with Crippen LogP contribution in [0.25, 0.3) is 0 Å². The van der Waals surface area contributed by atoms with Crippen molar-refractivity contribution in [3.8, 4) is 0 Å². The van der Waals surface area contributed by atoms with Crippen LogP contribution >= 0.6 is 23.2 Å². The number of carbonyl (C=O) groups excluding carboxylic acids is 3. The summed E-state index contributed by atoms with van der Waals surface area (Å²) in [6.07, 6.45) is 5.11. The van der Waals surface area contributed by atoms with Gasteiger partial charge in [0.1, 0.15) is 11.9 Å². The first-order chi connectivity index (χ1) is 18.4. The van der Waals surface area contributed by atoms with Crippen LogP contribution in [-0.4, -0.2) is 38.6 Å². The number of hydrogen-bond acceptors (Lipinski definition) is 5. The molecular weight excluding hydrogens is 525 g/mol. The van der Waals surface area contributed by atoms with Gasteiger partial charge in [0, 0.05) is 47.2 Å². The molecule has 0 saturated carbocycles. The van der Waals surface area contributed by atoms with Crippen molar-refractivity contribution < 1.29 is 14.4 Å². The molecule has 1 aliphatic heterocycles. The van der Waals surface area contributed by atoms with Crippen LogP contribution < -0.4 is 10.6 Å². The van der Waals surface area contributed by atoms with Gasteiger partial charge in [0.25, 0.3) is 11.8 Å². The fourth-order valence-electron chi connectivity index (χ4n) is 4.21. The molecule has 0 aliphatic carbocycles. The summed E-state index contributed by atoms with van der Waals surface area (Å²) in [5.74, 6) is -0.646. The molecule has 0 radical (unpaired) electrons. The van der Waals surface area contributed by atoms with Crippen molar-refractivity contribution in [2.45, 2.75) is 19.0 Å². The van der Waals surface area contributed by atoms with Gasteiger partial charge in [-0.05, 0) is 59.7 Å². The van der Waals surface area contributed by atoms with E-state index >= 15 is 0 Å². The van der Waals surface area contributed by atoms with Crippen LogP contribution in [-0.2, 0) is 17.8 Å². The van der Waals surface area contributed by atoms with Crippen molar-refractivity contribution in [2.75, 3.05) is 10.6 Å². The monoisotopic (exact) mass is 545 g/mol. The van der Waals surface area contributed by atoms with Crippen LogP contribution in [0, 0.1) is 0 Å². The number of nitrogens with one attached hydrogen (secondary N) is 2. The van der Waals surface area contributed by atoms with E-state index in [0.717, 1.165) is 11.1 Å². The van der Waals surface area contributed by atoms with Crippen LogP contribution in [0.15, 0.2) is 85.3 Å². The Hall–Kier alpha value is -4.27. The fraction of sp³-hybridized carbons (Fsp3) is 0.107. The molecule has 0 saturated heterocycles. The second-order valence-electron chi connectivity index (χ2n) is 8.70. The van der Waals surface area contributed by atoms with Crippen molar-refractivity contribution >= 4 is 52.4 Å². The molecule has 2 aromatic carbocycles. The highest BCUT2D eigenvalue weighted by Gasteiger charge is 2.35. The molecule has 2 aromatic heterocycles. The number of amides is 3. The lowest BCUT2D eigenvalue weighted by molar-refractivity contribution is -0.120. The Morgan fingerprint density at radius 1 is 0.947 bits per heavy atom. The van der Waals surface area contributed by atoms with E-state index in [1.165, 1.54) is 11.1 Å². The number of carbonyl (C=O) groups is 3. The largest absolute Gasteiger partial charge is 0.323 e. The predicted molar refractivity (Wildman–Crippen MR) is 145 cm³/mol. The minimum absolute atomic E-state index is 0.150. The molecule has 4 aromatic rings. The van der Waals surface area contributed by atoms with Gasteiger partial charge >= 0.3 is 0 Å². The summed E-state index contributed by atoms with van der Waals surface area (Å²) < 4.78 is 0. The van der Waals surface area contributed by atoms with Gasteiger partial charge in [-0.2, -0.15) is 0 Å². The normalized spacial score (nSPS) is 14.9. The van der Waals surface area contributed by atoms with Crippen molar-refractivity contribution in [2.24, 2.45) is 0 Å². The highest BCUT2D eigenvalue weighted by atomic mass is 35.5. The van der Waals surface area contributed by atoms with E-state index < -0.39 is 6.04 Å². The van der Waals surface area contributed by atoms with Crippen LogP contribution in [0.1, 0.15) is 31.8 Å². The number of nitrogens with zero attached hydrogens (tertiary/aromatic N) is 3. The number of hydrogen-bond donors (Lipinski definition) is 2. The van der Waals surface area contributed by atoms with Crippen molar-refractivity contribution in [1.29, 1.82) is 0 Å². The molecule has 5 rings (SSSR count). The maximum absolute atomic E-state index is 13.7. The lowest BCUT2D eigenvalue weighted by atomic mass is 10.0. The topological polar surface area (TPSA) is 104 Å². The maximum atomic E-state index is 13.7. The number of aromatic nitrogens is 2. The molecule has 1 unspecified atom stereocenters. The van der Waals surface area contributed by atoms with E-state index in [9.17, 15) is 14.4 Å². The van der Waals surface area contributed by atoms with Gasteiger partial charge in [-0.25, -0.2) is 4.98 Å². The van der Waals surface area contributed by atoms with Gasteiger partial charge in [-0.15, -0.1) is 0 Å². The summed E-state index contributed by atoms with van der Waals surface area (Å²) in [4.78, 5) is 49.5. The Kier molecular flexibility index (Phi) is 7.35. The number of pyridine rings is 2. The lowest BCUT2D eigenvalue weighted by Crippen LogP contribution is -2.46. The predicted octanol–water partition coefficient (Wildman–Crippen LogP) is 5.24. The minimum Gasteiger partial charge on any atom is -0.323 e. The molecule has 1 aliphatic rings. The SMILES string of the molecule is O=C(Nc1cc(Cl)ccn1)c1ccc(CN2C(=O)c3ccc(Cl)cc3NC(=O)C2Cc2cccnc2)cc1. The van der Waals surface area contributed by atoms with Gasteiger partial charge in [0.15, 0.2) is 0 Å². The van der Waals surface area contributed by atoms with Gasteiger partial charge in [0.2, 0.25) is 5.91 Å². The zero-order valence-electron chi connectivity index (χ0n) is 19.9. The highest BCUT2D eigenvalue weighted by Crippen LogP contribution is 2.29. The Morgan fingerprint density at radius 3 is 2.47 bits per heavy atom. The number of anilines is 2. The maximum Gasteiger partial charge on any atom is 0.256 e. The highest BCUT2D eigenvalue weighted by molar-refractivity contribution is 6.31. The summed E-state index contributed by atoms with van der Waals surface area (Å²) in [6, 6.07) is 17.6. The van der Waals surface area contributed by atoms with E-state index in [-0.39, 0.29) is 30.7 Å². The van der Waals surface area contributed by atoms with Gasteiger partial charge < -0.3 is 15.5 Å². The first-order valence-electron chi connectivity index (χ1n) is 11.7. The van der Waals surface area contributed by atoms with Crippen LogP contribution in [0.2, 0.25) is 10.0 Å².